The average Bonchev–Trinajstić information content (AvgIpc) is 3.02. The lowest BCUT2D eigenvalue weighted by Crippen LogP contribution is -2.33. The van der Waals surface area contributed by atoms with Gasteiger partial charge in [-0.05, 0) is 87.6 Å². The minimum atomic E-state index is -0.147. The highest BCUT2D eigenvalue weighted by molar-refractivity contribution is 7.16. The summed E-state index contributed by atoms with van der Waals surface area (Å²) in [6.07, 6.45) is 9.23. The number of urea groups is 1. The highest BCUT2D eigenvalue weighted by Gasteiger charge is 2.20. The van der Waals surface area contributed by atoms with E-state index in [4.69, 9.17) is 11.6 Å². The Morgan fingerprint density at radius 3 is 2.76 bits per heavy atom. The number of amides is 2. The van der Waals surface area contributed by atoms with Gasteiger partial charge in [-0.15, -0.1) is 11.3 Å². The molecule has 0 fully saturated rings. The smallest absolute Gasteiger partial charge is 0.320 e. The van der Waals surface area contributed by atoms with Gasteiger partial charge < -0.3 is 10.6 Å². The molecule has 2 amide bonds. The number of nitrogens with one attached hydrogen (secondary N) is 3. The van der Waals surface area contributed by atoms with Crippen molar-refractivity contribution >= 4 is 34.0 Å². The second kappa shape index (κ2) is 10.6. The molecule has 3 N–H and O–H groups in total. The minimum Gasteiger partial charge on any atom is -0.334 e. The van der Waals surface area contributed by atoms with Gasteiger partial charge in [-0.1, -0.05) is 30.5 Å². The fourth-order valence-corrected chi connectivity index (χ4v) is 5.80. The molecule has 0 unspecified atom stereocenters. The molecule has 0 bridgehead atoms. The van der Waals surface area contributed by atoms with E-state index in [0.29, 0.717) is 6.54 Å². The molecule has 160 valence electrons. The van der Waals surface area contributed by atoms with E-state index in [1.165, 1.54) is 52.8 Å². The molecule has 0 aromatic carbocycles. The van der Waals surface area contributed by atoms with Gasteiger partial charge in [0, 0.05) is 23.0 Å². The predicted molar refractivity (Wildman–Crippen MR) is 125 cm³/mol. The molecule has 1 aromatic heterocycles. The van der Waals surface area contributed by atoms with E-state index in [1.807, 2.05) is 6.92 Å². The number of unbranched alkanes of at least 4 members (excludes halogenated alkanes) is 1. The van der Waals surface area contributed by atoms with Crippen LogP contribution in [0, 0.1) is 6.92 Å². The highest BCUT2D eigenvalue weighted by Crippen LogP contribution is 2.37. The normalized spacial score (nSPS) is 17.7. The zero-order valence-electron chi connectivity index (χ0n) is 18.0. The Hall–Kier alpha value is -1.30. The van der Waals surface area contributed by atoms with Gasteiger partial charge in [0.15, 0.2) is 0 Å². The van der Waals surface area contributed by atoms with Gasteiger partial charge in [0.05, 0.1) is 5.00 Å². The first-order valence-corrected chi connectivity index (χ1v) is 12.1. The van der Waals surface area contributed by atoms with Crippen LogP contribution in [0.25, 0.3) is 0 Å². The van der Waals surface area contributed by atoms with E-state index in [0.717, 1.165) is 54.4 Å². The van der Waals surface area contributed by atoms with Crippen molar-refractivity contribution in [3.8, 4) is 0 Å². The van der Waals surface area contributed by atoms with Crippen molar-refractivity contribution in [2.24, 2.45) is 0 Å². The van der Waals surface area contributed by atoms with Crippen molar-refractivity contribution in [2.45, 2.75) is 72.1 Å². The fourth-order valence-electron chi connectivity index (χ4n) is 4.33. The van der Waals surface area contributed by atoms with Gasteiger partial charge in [-0.25, -0.2) is 4.79 Å². The predicted octanol–water partition coefficient (Wildman–Crippen LogP) is 6.05. The SMILES string of the molecule is CCCCC1=C(/C(CNC(=O)Nc2sc3c(c2C)CCCC3)=C(\C)Cl)CCNC1. The summed E-state index contributed by atoms with van der Waals surface area (Å²) in [5.41, 5.74) is 6.56. The number of rotatable bonds is 7. The summed E-state index contributed by atoms with van der Waals surface area (Å²) >= 11 is 8.21. The second-order valence-corrected chi connectivity index (χ2v) is 9.77. The zero-order valence-corrected chi connectivity index (χ0v) is 19.5. The monoisotopic (exact) mass is 435 g/mol. The summed E-state index contributed by atoms with van der Waals surface area (Å²) in [5, 5.41) is 11.4. The number of thiophene rings is 1. The molecule has 1 aromatic rings. The standard InChI is InChI=1S/C23H34ClN3OS/c1-4-5-8-17-13-25-12-11-19(17)20(16(3)24)14-26-23(28)27-22-15(2)18-9-6-7-10-21(18)29-22/h25H,4-14H2,1-3H3,(H2,26,27,28)/b20-16+. The van der Waals surface area contributed by atoms with Gasteiger partial charge in [0.2, 0.25) is 0 Å². The van der Waals surface area contributed by atoms with E-state index in [1.54, 1.807) is 11.3 Å². The van der Waals surface area contributed by atoms with Crippen LogP contribution >= 0.6 is 22.9 Å². The summed E-state index contributed by atoms with van der Waals surface area (Å²) in [6.45, 7) is 8.64. The van der Waals surface area contributed by atoms with Crippen LogP contribution in [0.2, 0.25) is 0 Å². The van der Waals surface area contributed by atoms with E-state index >= 15 is 0 Å². The first-order valence-electron chi connectivity index (χ1n) is 10.9. The molecule has 0 spiro atoms. The molecule has 2 aliphatic rings. The number of allylic oxidation sites excluding steroid dienone is 1. The van der Waals surface area contributed by atoms with E-state index in [9.17, 15) is 4.79 Å². The van der Waals surface area contributed by atoms with Crippen molar-refractivity contribution < 1.29 is 4.79 Å². The van der Waals surface area contributed by atoms with Gasteiger partial charge in [0.25, 0.3) is 0 Å². The van der Waals surface area contributed by atoms with E-state index < -0.39 is 0 Å². The van der Waals surface area contributed by atoms with Crippen LogP contribution in [-0.4, -0.2) is 25.7 Å². The number of hydrogen-bond donors (Lipinski definition) is 3. The third kappa shape index (κ3) is 5.65. The third-order valence-electron chi connectivity index (χ3n) is 6.02. The summed E-state index contributed by atoms with van der Waals surface area (Å²) < 4.78 is 0. The topological polar surface area (TPSA) is 53.2 Å². The molecule has 6 heteroatoms. The minimum absolute atomic E-state index is 0.147. The van der Waals surface area contributed by atoms with Crippen LogP contribution in [0.4, 0.5) is 9.80 Å². The molecule has 0 radical (unpaired) electrons. The number of carbonyl (C=O) groups is 1. The molecule has 1 aliphatic heterocycles. The number of carbonyl (C=O) groups excluding carboxylic acids is 1. The summed E-state index contributed by atoms with van der Waals surface area (Å²) in [7, 11) is 0. The van der Waals surface area contributed by atoms with Gasteiger partial charge in [-0.3, -0.25) is 5.32 Å². The van der Waals surface area contributed by atoms with Crippen LogP contribution in [0.15, 0.2) is 21.8 Å². The Morgan fingerprint density at radius 1 is 1.24 bits per heavy atom. The van der Waals surface area contributed by atoms with Crippen LogP contribution in [0.1, 0.15) is 68.4 Å². The van der Waals surface area contributed by atoms with Crippen molar-refractivity contribution in [1.82, 2.24) is 10.6 Å². The lowest BCUT2D eigenvalue weighted by Gasteiger charge is -2.24. The number of anilines is 1. The zero-order chi connectivity index (χ0) is 20.8. The fraction of sp³-hybridized carbons (Fsp3) is 0.609. The average molecular weight is 436 g/mol. The Morgan fingerprint density at radius 2 is 2.03 bits per heavy atom. The third-order valence-corrected chi connectivity index (χ3v) is 7.56. The van der Waals surface area contributed by atoms with Crippen molar-refractivity contribution in [2.75, 3.05) is 25.0 Å². The summed E-state index contributed by atoms with van der Waals surface area (Å²) in [4.78, 5) is 14.1. The van der Waals surface area contributed by atoms with Gasteiger partial charge >= 0.3 is 6.03 Å². The number of hydrogen-bond acceptors (Lipinski definition) is 3. The second-order valence-electron chi connectivity index (χ2n) is 8.10. The Kier molecular flexibility index (Phi) is 8.22. The molecule has 0 saturated carbocycles. The molecular weight excluding hydrogens is 402 g/mol. The maximum absolute atomic E-state index is 12.6. The molecular formula is C23H34ClN3OS. The van der Waals surface area contributed by atoms with E-state index in [-0.39, 0.29) is 6.03 Å². The van der Waals surface area contributed by atoms with Crippen LogP contribution in [0.5, 0.6) is 0 Å². The highest BCUT2D eigenvalue weighted by atomic mass is 35.5. The first kappa shape index (κ1) is 22.4. The number of aryl methyl sites for hydroxylation is 1. The molecule has 0 saturated heterocycles. The lowest BCUT2D eigenvalue weighted by molar-refractivity contribution is 0.253. The quantitative estimate of drug-likeness (QED) is 0.488. The molecule has 2 heterocycles. The van der Waals surface area contributed by atoms with Crippen LogP contribution in [-0.2, 0) is 12.8 Å². The largest absolute Gasteiger partial charge is 0.334 e. The molecule has 4 nitrogen and oxygen atoms in total. The van der Waals surface area contributed by atoms with Gasteiger partial charge in [0.1, 0.15) is 0 Å². The molecule has 3 rings (SSSR count). The maximum Gasteiger partial charge on any atom is 0.320 e. The Bertz CT molecular complexity index is 805. The maximum atomic E-state index is 12.6. The molecule has 0 atom stereocenters. The van der Waals surface area contributed by atoms with Crippen molar-refractivity contribution in [1.29, 1.82) is 0 Å². The number of fused-ring (bicyclic) bond motifs is 1. The Balaban J connectivity index is 1.66. The molecule has 29 heavy (non-hydrogen) atoms. The lowest BCUT2D eigenvalue weighted by atomic mass is 9.91. The van der Waals surface area contributed by atoms with Gasteiger partial charge in [-0.2, -0.15) is 0 Å². The molecule has 1 aliphatic carbocycles. The van der Waals surface area contributed by atoms with Crippen molar-refractivity contribution in [3.05, 3.63) is 37.8 Å². The summed E-state index contributed by atoms with van der Waals surface area (Å²) in [5.74, 6) is 0. The van der Waals surface area contributed by atoms with E-state index in [2.05, 4.69) is 29.8 Å². The first-order chi connectivity index (χ1) is 14.0. The van der Waals surface area contributed by atoms with Crippen molar-refractivity contribution in [3.63, 3.8) is 0 Å². The number of halogens is 1. The summed E-state index contributed by atoms with van der Waals surface area (Å²) in [6, 6.07) is -0.147. The van der Waals surface area contributed by atoms with Crippen LogP contribution < -0.4 is 16.0 Å². The van der Waals surface area contributed by atoms with Crippen LogP contribution in [0.3, 0.4) is 0 Å². The Labute approximate surface area is 184 Å².